The third-order valence-electron chi connectivity index (χ3n) is 1.05. The lowest BCUT2D eigenvalue weighted by Gasteiger charge is -2.01. The molecule has 0 saturated carbocycles. The molecule has 0 saturated heterocycles. The van der Waals surface area contributed by atoms with E-state index in [1.165, 1.54) is 0 Å². The molecule has 1 N–H and O–H groups in total. The number of hydrogen-bond acceptors (Lipinski definition) is 8. The fourth-order valence-corrected chi connectivity index (χ4v) is 0.676. The summed E-state index contributed by atoms with van der Waals surface area (Å²) in [6, 6.07) is -1.59. The molecule has 1 rings (SSSR count). The average Bonchev–Trinajstić information content (AvgIpc) is 1.98. The van der Waals surface area contributed by atoms with Crippen LogP contribution in [0, 0.1) is 0 Å². The fourth-order valence-electron chi connectivity index (χ4n) is 0.676. The maximum absolute atomic E-state index is 10.5. The highest BCUT2D eigenvalue weighted by Crippen LogP contribution is 2.13. The number of hydrogen-bond donors (Lipinski definition) is 1. The van der Waals surface area contributed by atoms with Crippen LogP contribution in [0.2, 0.25) is 0 Å². The standard InChI is InChI=1S/C7H7N3O5/c1-3(11)14-6-8-5(13)9-7(10-6)15-4(2)12/h1-2H3,(H,8,9,10,13). The van der Waals surface area contributed by atoms with Gasteiger partial charge < -0.3 is 14.6 Å². The van der Waals surface area contributed by atoms with Gasteiger partial charge in [-0.2, -0.15) is 0 Å². The van der Waals surface area contributed by atoms with Gasteiger partial charge in [0.2, 0.25) is 0 Å². The Balaban J connectivity index is 2.94. The zero-order valence-corrected chi connectivity index (χ0v) is 7.92. The maximum atomic E-state index is 10.5. The first-order valence-corrected chi connectivity index (χ1v) is 3.79. The minimum Gasteiger partial charge on any atom is -0.479 e. The summed E-state index contributed by atoms with van der Waals surface area (Å²) in [4.78, 5) is 31.1. The van der Waals surface area contributed by atoms with Crippen molar-refractivity contribution in [2.75, 3.05) is 0 Å². The van der Waals surface area contributed by atoms with Gasteiger partial charge in [0.1, 0.15) is 0 Å². The Morgan fingerprint density at radius 2 is 1.40 bits per heavy atom. The topological polar surface area (TPSA) is 112 Å². The van der Waals surface area contributed by atoms with Crippen LogP contribution in [0.15, 0.2) is 0 Å². The summed E-state index contributed by atoms with van der Waals surface area (Å²) in [7, 11) is 0. The minimum absolute atomic E-state index is 0.439. The summed E-state index contributed by atoms with van der Waals surface area (Å²) in [5.74, 6) is -1.34. The van der Waals surface area contributed by atoms with Gasteiger partial charge in [0.15, 0.2) is 0 Å². The average molecular weight is 213 g/mol. The Kier molecular flexibility index (Phi) is 3.11. The maximum Gasteiger partial charge on any atom is 0.333 e. The van der Waals surface area contributed by atoms with Gasteiger partial charge in [-0.25, -0.2) is 0 Å². The van der Waals surface area contributed by atoms with Crippen LogP contribution >= 0.6 is 0 Å². The number of carbonyl (C=O) groups is 2. The van der Waals surface area contributed by atoms with Crippen molar-refractivity contribution in [3.8, 4) is 18.0 Å². The van der Waals surface area contributed by atoms with Gasteiger partial charge in [-0.05, 0) is 0 Å². The van der Waals surface area contributed by atoms with E-state index in [0.29, 0.717) is 0 Å². The van der Waals surface area contributed by atoms with E-state index in [9.17, 15) is 9.59 Å². The second kappa shape index (κ2) is 4.31. The molecule has 0 atom stereocenters. The molecule has 0 aliphatic carbocycles. The van der Waals surface area contributed by atoms with Crippen LogP contribution in [-0.4, -0.2) is 32.0 Å². The van der Waals surface area contributed by atoms with Crippen LogP contribution in [0.5, 0.6) is 18.0 Å². The van der Waals surface area contributed by atoms with E-state index in [1.807, 2.05) is 0 Å². The normalized spacial score (nSPS) is 9.47. The summed E-state index contributed by atoms with van der Waals surface area (Å²) >= 11 is 0. The molecule has 0 aromatic carbocycles. The summed E-state index contributed by atoms with van der Waals surface area (Å²) in [5.41, 5.74) is 0. The molecule has 0 unspecified atom stereocenters. The molecule has 8 heteroatoms. The van der Waals surface area contributed by atoms with E-state index in [-0.39, 0.29) is 0 Å². The Hall–Kier alpha value is -2.25. The molecule has 0 radical (unpaired) electrons. The monoisotopic (exact) mass is 213 g/mol. The Morgan fingerprint density at radius 3 is 1.73 bits per heavy atom. The second-order valence-electron chi connectivity index (χ2n) is 2.39. The summed E-state index contributed by atoms with van der Waals surface area (Å²) in [6.07, 6.45) is 0. The number of nitrogens with zero attached hydrogens (tertiary/aromatic N) is 3. The Morgan fingerprint density at radius 1 is 1.00 bits per heavy atom. The number of aromatic hydroxyl groups is 1. The lowest BCUT2D eigenvalue weighted by atomic mass is 10.8. The van der Waals surface area contributed by atoms with Gasteiger partial charge >= 0.3 is 30.0 Å². The largest absolute Gasteiger partial charge is 0.479 e. The van der Waals surface area contributed by atoms with Crippen molar-refractivity contribution in [3.63, 3.8) is 0 Å². The molecular formula is C7H7N3O5. The highest BCUT2D eigenvalue weighted by atomic mass is 16.6. The van der Waals surface area contributed by atoms with Crippen LogP contribution in [0.25, 0.3) is 0 Å². The lowest BCUT2D eigenvalue weighted by Crippen LogP contribution is -2.09. The number of ether oxygens (including phenoxy) is 2. The Labute approximate surface area is 83.9 Å². The van der Waals surface area contributed by atoms with E-state index in [1.54, 1.807) is 0 Å². The molecule has 1 heterocycles. The predicted molar refractivity (Wildman–Crippen MR) is 44.1 cm³/mol. The molecule has 15 heavy (non-hydrogen) atoms. The van der Waals surface area contributed by atoms with Gasteiger partial charge in [-0.3, -0.25) is 9.59 Å². The van der Waals surface area contributed by atoms with Gasteiger partial charge in [0.05, 0.1) is 0 Å². The smallest absolute Gasteiger partial charge is 0.333 e. The van der Waals surface area contributed by atoms with Gasteiger partial charge in [0, 0.05) is 13.8 Å². The molecule has 8 nitrogen and oxygen atoms in total. The van der Waals surface area contributed by atoms with Crippen molar-refractivity contribution >= 4 is 11.9 Å². The third-order valence-corrected chi connectivity index (χ3v) is 1.05. The highest BCUT2D eigenvalue weighted by Gasteiger charge is 2.10. The van der Waals surface area contributed by atoms with Crippen LogP contribution in [0.3, 0.4) is 0 Å². The zero-order valence-electron chi connectivity index (χ0n) is 7.92. The molecule has 0 amide bonds. The minimum atomic E-state index is -0.711. The van der Waals surface area contributed by atoms with E-state index in [2.05, 4.69) is 24.4 Å². The number of esters is 2. The van der Waals surface area contributed by atoms with Crippen molar-refractivity contribution in [1.29, 1.82) is 0 Å². The molecule has 0 fully saturated rings. The molecular weight excluding hydrogens is 206 g/mol. The highest BCUT2D eigenvalue weighted by molar-refractivity contribution is 5.69. The van der Waals surface area contributed by atoms with E-state index < -0.39 is 30.0 Å². The second-order valence-corrected chi connectivity index (χ2v) is 2.39. The molecule has 0 spiro atoms. The fraction of sp³-hybridized carbons (Fsp3) is 0.286. The Bertz CT molecular complexity index is 371. The molecule has 0 bridgehead atoms. The number of carbonyl (C=O) groups excluding carboxylic acids is 2. The van der Waals surface area contributed by atoms with Gasteiger partial charge in [-0.15, -0.1) is 15.0 Å². The van der Waals surface area contributed by atoms with Crippen molar-refractivity contribution in [2.45, 2.75) is 13.8 Å². The quantitative estimate of drug-likeness (QED) is 0.650. The van der Waals surface area contributed by atoms with Crippen LogP contribution in [0.4, 0.5) is 0 Å². The van der Waals surface area contributed by atoms with Crippen molar-refractivity contribution in [2.24, 2.45) is 0 Å². The first-order valence-electron chi connectivity index (χ1n) is 3.79. The molecule has 0 aliphatic rings. The van der Waals surface area contributed by atoms with Crippen molar-refractivity contribution in [1.82, 2.24) is 15.0 Å². The van der Waals surface area contributed by atoms with Crippen LogP contribution in [0.1, 0.15) is 13.8 Å². The van der Waals surface area contributed by atoms with E-state index >= 15 is 0 Å². The molecule has 1 aromatic rings. The summed E-state index contributed by atoms with van der Waals surface area (Å²) < 4.78 is 8.93. The summed E-state index contributed by atoms with van der Waals surface area (Å²) in [6.45, 7) is 2.26. The third kappa shape index (κ3) is 3.55. The van der Waals surface area contributed by atoms with Crippen LogP contribution < -0.4 is 9.47 Å². The van der Waals surface area contributed by atoms with Crippen LogP contribution in [-0.2, 0) is 9.59 Å². The van der Waals surface area contributed by atoms with E-state index in [0.717, 1.165) is 13.8 Å². The lowest BCUT2D eigenvalue weighted by molar-refractivity contribution is -0.132. The molecule has 1 aromatic heterocycles. The van der Waals surface area contributed by atoms with Gasteiger partial charge in [-0.1, -0.05) is 0 Å². The van der Waals surface area contributed by atoms with Gasteiger partial charge in [0.25, 0.3) is 0 Å². The zero-order chi connectivity index (χ0) is 11.4. The first kappa shape index (κ1) is 10.8. The number of aromatic nitrogens is 3. The summed E-state index contributed by atoms with van der Waals surface area (Å²) in [5, 5.41) is 8.97. The number of rotatable bonds is 2. The predicted octanol–water partition coefficient (Wildman–Crippen LogP) is -0.572. The molecule has 0 aliphatic heterocycles. The van der Waals surface area contributed by atoms with Crippen molar-refractivity contribution < 1.29 is 24.2 Å². The SMILES string of the molecule is CC(=O)Oc1nc(O)nc(OC(C)=O)n1. The van der Waals surface area contributed by atoms with Crippen molar-refractivity contribution in [3.05, 3.63) is 0 Å². The van der Waals surface area contributed by atoms with E-state index in [4.69, 9.17) is 5.11 Å². The molecule has 80 valence electrons. The first-order chi connectivity index (χ1) is 6.97.